The molecule has 1 fully saturated rings. The molecular formula is C15H24IN5. The van der Waals surface area contributed by atoms with Crippen LogP contribution in [-0.2, 0) is 6.54 Å². The Morgan fingerprint density at radius 2 is 1.95 bits per heavy atom. The third-order valence-corrected chi connectivity index (χ3v) is 3.94. The topological polar surface area (TPSA) is 43.8 Å². The van der Waals surface area contributed by atoms with Crippen molar-refractivity contribution < 1.29 is 0 Å². The van der Waals surface area contributed by atoms with Crippen LogP contribution in [0.2, 0.25) is 0 Å². The Morgan fingerprint density at radius 3 is 2.62 bits per heavy atom. The SMILES string of the molecule is Cc1cc(CNC2=NCCN2C)cc(N2CCCC2)n1.I. The molecule has 0 amide bonds. The first-order chi connectivity index (χ1) is 9.72. The molecule has 0 unspecified atom stereocenters. The lowest BCUT2D eigenvalue weighted by Gasteiger charge is -2.19. The number of pyridine rings is 1. The third kappa shape index (κ3) is 3.99. The lowest BCUT2D eigenvalue weighted by Crippen LogP contribution is -2.35. The Bertz CT molecular complexity index is 511. The van der Waals surface area contributed by atoms with Crippen molar-refractivity contribution in [3.8, 4) is 0 Å². The Balaban J connectivity index is 0.00000161. The number of aliphatic imine (C=N–C) groups is 1. The summed E-state index contributed by atoms with van der Waals surface area (Å²) in [5.74, 6) is 2.13. The average molecular weight is 401 g/mol. The molecule has 6 heteroatoms. The molecule has 0 atom stereocenters. The summed E-state index contributed by atoms with van der Waals surface area (Å²) in [6, 6.07) is 4.36. The van der Waals surface area contributed by atoms with Crippen LogP contribution in [0.15, 0.2) is 17.1 Å². The minimum Gasteiger partial charge on any atom is -0.357 e. The van der Waals surface area contributed by atoms with Crippen LogP contribution in [0.3, 0.4) is 0 Å². The second-order valence-corrected chi connectivity index (χ2v) is 5.65. The number of halogens is 1. The fourth-order valence-electron chi connectivity index (χ4n) is 2.84. The summed E-state index contributed by atoms with van der Waals surface area (Å²) in [6.07, 6.45) is 2.57. The molecule has 0 saturated carbocycles. The van der Waals surface area contributed by atoms with E-state index in [9.17, 15) is 0 Å². The number of likely N-dealkylation sites (N-methyl/N-ethyl adjacent to an activating group) is 1. The molecule has 116 valence electrons. The van der Waals surface area contributed by atoms with Crippen molar-refractivity contribution >= 4 is 35.8 Å². The van der Waals surface area contributed by atoms with Gasteiger partial charge in [0.1, 0.15) is 5.82 Å². The van der Waals surface area contributed by atoms with Gasteiger partial charge >= 0.3 is 0 Å². The summed E-state index contributed by atoms with van der Waals surface area (Å²) >= 11 is 0. The van der Waals surface area contributed by atoms with Gasteiger partial charge in [0.05, 0.1) is 6.54 Å². The molecule has 3 rings (SSSR count). The normalized spacial score (nSPS) is 17.7. The van der Waals surface area contributed by atoms with Crippen molar-refractivity contribution in [2.24, 2.45) is 4.99 Å². The number of hydrogen-bond donors (Lipinski definition) is 1. The molecule has 1 N–H and O–H groups in total. The fraction of sp³-hybridized carbons (Fsp3) is 0.600. The first-order valence-corrected chi connectivity index (χ1v) is 7.44. The molecule has 21 heavy (non-hydrogen) atoms. The number of aryl methyl sites for hydroxylation is 1. The van der Waals surface area contributed by atoms with E-state index in [1.807, 2.05) is 0 Å². The van der Waals surface area contributed by atoms with E-state index in [-0.39, 0.29) is 24.0 Å². The highest BCUT2D eigenvalue weighted by molar-refractivity contribution is 14.0. The summed E-state index contributed by atoms with van der Waals surface area (Å²) < 4.78 is 0. The van der Waals surface area contributed by atoms with Gasteiger partial charge in [-0.2, -0.15) is 0 Å². The number of anilines is 1. The van der Waals surface area contributed by atoms with Crippen molar-refractivity contribution in [3.63, 3.8) is 0 Å². The van der Waals surface area contributed by atoms with Gasteiger partial charge < -0.3 is 15.1 Å². The molecule has 1 saturated heterocycles. The Kier molecular flexibility index (Phi) is 5.66. The highest BCUT2D eigenvalue weighted by Crippen LogP contribution is 2.20. The zero-order valence-electron chi connectivity index (χ0n) is 12.8. The van der Waals surface area contributed by atoms with Crippen LogP contribution < -0.4 is 10.2 Å². The largest absolute Gasteiger partial charge is 0.357 e. The van der Waals surface area contributed by atoms with E-state index in [2.05, 4.69) is 51.2 Å². The van der Waals surface area contributed by atoms with Crippen LogP contribution in [0.25, 0.3) is 0 Å². The molecule has 0 radical (unpaired) electrons. The number of nitrogens with zero attached hydrogens (tertiary/aromatic N) is 4. The molecule has 1 aromatic rings. The summed E-state index contributed by atoms with van der Waals surface area (Å²) in [5, 5.41) is 3.42. The monoisotopic (exact) mass is 401 g/mol. The van der Waals surface area contributed by atoms with Crippen molar-refractivity contribution in [1.82, 2.24) is 15.2 Å². The van der Waals surface area contributed by atoms with Crippen LogP contribution in [0.4, 0.5) is 5.82 Å². The van der Waals surface area contributed by atoms with E-state index in [0.717, 1.165) is 50.2 Å². The van der Waals surface area contributed by atoms with Crippen molar-refractivity contribution in [3.05, 3.63) is 23.4 Å². The van der Waals surface area contributed by atoms with Gasteiger partial charge in [0.15, 0.2) is 5.96 Å². The first-order valence-electron chi connectivity index (χ1n) is 7.44. The summed E-state index contributed by atoms with van der Waals surface area (Å²) in [7, 11) is 2.08. The Hall–Kier alpha value is -1.05. The van der Waals surface area contributed by atoms with E-state index < -0.39 is 0 Å². The van der Waals surface area contributed by atoms with Gasteiger partial charge in [0, 0.05) is 38.9 Å². The summed E-state index contributed by atoms with van der Waals surface area (Å²) in [4.78, 5) is 13.7. The molecule has 5 nitrogen and oxygen atoms in total. The highest BCUT2D eigenvalue weighted by Gasteiger charge is 2.15. The van der Waals surface area contributed by atoms with E-state index in [1.165, 1.54) is 18.4 Å². The quantitative estimate of drug-likeness (QED) is 0.788. The van der Waals surface area contributed by atoms with Crippen molar-refractivity contribution in [1.29, 1.82) is 0 Å². The van der Waals surface area contributed by atoms with E-state index in [0.29, 0.717) is 0 Å². The zero-order chi connectivity index (χ0) is 13.9. The number of aromatic nitrogens is 1. The van der Waals surface area contributed by atoms with E-state index in [1.54, 1.807) is 0 Å². The standard InChI is InChI=1S/C15H23N5.HI/c1-12-9-13(11-17-15-16-5-8-19(15)2)10-14(18-12)20-6-3-4-7-20;/h9-10H,3-8,11H2,1-2H3,(H,16,17);1H. The van der Waals surface area contributed by atoms with Gasteiger partial charge in [-0.05, 0) is 37.5 Å². The van der Waals surface area contributed by atoms with Crippen LogP contribution >= 0.6 is 24.0 Å². The van der Waals surface area contributed by atoms with Crippen LogP contribution in [0.5, 0.6) is 0 Å². The van der Waals surface area contributed by atoms with Crippen LogP contribution in [0, 0.1) is 6.92 Å². The molecule has 0 bridgehead atoms. The maximum Gasteiger partial charge on any atom is 0.194 e. The molecular weight excluding hydrogens is 377 g/mol. The molecule has 0 aliphatic carbocycles. The summed E-state index contributed by atoms with van der Waals surface area (Å²) in [6.45, 7) is 7.07. The van der Waals surface area contributed by atoms with Gasteiger partial charge in [-0.25, -0.2) is 4.98 Å². The van der Waals surface area contributed by atoms with Gasteiger partial charge in [-0.1, -0.05) is 0 Å². The molecule has 0 spiro atoms. The van der Waals surface area contributed by atoms with Gasteiger partial charge in [0.2, 0.25) is 0 Å². The smallest absolute Gasteiger partial charge is 0.194 e. The number of rotatable bonds is 3. The second-order valence-electron chi connectivity index (χ2n) is 5.65. The van der Waals surface area contributed by atoms with E-state index >= 15 is 0 Å². The molecule has 3 heterocycles. The highest BCUT2D eigenvalue weighted by atomic mass is 127. The molecule has 2 aliphatic heterocycles. The third-order valence-electron chi connectivity index (χ3n) is 3.94. The lowest BCUT2D eigenvalue weighted by molar-refractivity contribution is 0.534. The molecule has 2 aliphatic rings. The maximum absolute atomic E-state index is 4.67. The number of hydrogen-bond acceptors (Lipinski definition) is 5. The predicted octanol–water partition coefficient (Wildman–Crippen LogP) is 2.00. The Morgan fingerprint density at radius 1 is 1.19 bits per heavy atom. The molecule has 0 aromatic carbocycles. The zero-order valence-corrected chi connectivity index (χ0v) is 15.1. The van der Waals surface area contributed by atoms with E-state index in [4.69, 9.17) is 0 Å². The van der Waals surface area contributed by atoms with Gasteiger partial charge in [-0.3, -0.25) is 4.99 Å². The van der Waals surface area contributed by atoms with Crippen LogP contribution in [-0.4, -0.2) is 49.1 Å². The molecule has 1 aromatic heterocycles. The van der Waals surface area contributed by atoms with Gasteiger partial charge in [0.25, 0.3) is 0 Å². The minimum atomic E-state index is 0. The van der Waals surface area contributed by atoms with Crippen LogP contribution in [0.1, 0.15) is 24.1 Å². The fourth-order valence-corrected chi connectivity index (χ4v) is 2.84. The summed E-state index contributed by atoms with van der Waals surface area (Å²) in [5.41, 5.74) is 2.37. The second kappa shape index (κ2) is 7.29. The average Bonchev–Trinajstić information content (AvgIpc) is 3.07. The maximum atomic E-state index is 4.67. The minimum absolute atomic E-state index is 0. The predicted molar refractivity (Wildman–Crippen MR) is 97.6 cm³/mol. The van der Waals surface area contributed by atoms with Crippen molar-refractivity contribution in [2.45, 2.75) is 26.3 Å². The Labute approximate surface area is 143 Å². The lowest BCUT2D eigenvalue weighted by atomic mass is 10.2. The first kappa shape index (κ1) is 16.3. The number of guanidine groups is 1. The number of nitrogens with one attached hydrogen (secondary N) is 1. The van der Waals surface area contributed by atoms with Gasteiger partial charge in [-0.15, -0.1) is 24.0 Å². The van der Waals surface area contributed by atoms with Crippen molar-refractivity contribution in [2.75, 3.05) is 38.1 Å².